The van der Waals surface area contributed by atoms with Crippen LogP contribution in [0.3, 0.4) is 0 Å². The summed E-state index contributed by atoms with van der Waals surface area (Å²) in [6.45, 7) is 3.49. The summed E-state index contributed by atoms with van der Waals surface area (Å²) in [5, 5.41) is 9.12. The lowest BCUT2D eigenvalue weighted by atomic mass is 9.87. The molecule has 3 N–H and O–H groups in total. The van der Waals surface area contributed by atoms with Gasteiger partial charge in [-0.15, -0.1) is 0 Å². The van der Waals surface area contributed by atoms with Crippen LogP contribution in [0.15, 0.2) is 12.1 Å². The Morgan fingerprint density at radius 2 is 1.82 bits per heavy atom. The van der Waals surface area contributed by atoms with E-state index in [0.29, 0.717) is 30.1 Å². The second kappa shape index (κ2) is 7.35. The standard InChI is InChI=1S/C16H25NO5/c1-10(9-16(2,17)15(18)19)8-11-6-7-12(20-3)14(22-5)13(11)21-4/h6-7,10H,8-9,17H2,1-5H3,(H,18,19). The van der Waals surface area contributed by atoms with Gasteiger partial charge in [0.2, 0.25) is 5.75 Å². The fourth-order valence-corrected chi connectivity index (χ4v) is 2.58. The molecule has 0 saturated carbocycles. The fourth-order valence-electron chi connectivity index (χ4n) is 2.58. The van der Waals surface area contributed by atoms with Crippen molar-refractivity contribution in [3.8, 4) is 17.2 Å². The van der Waals surface area contributed by atoms with Gasteiger partial charge in [0.25, 0.3) is 0 Å². The number of benzene rings is 1. The van der Waals surface area contributed by atoms with Crippen molar-refractivity contribution < 1.29 is 24.1 Å². The van der Waals surface area contributed by atoms with E-state index < -0.39 is 11.5 Å². The average molecular weight is 311 g/mol. The van der Waals surface area contributed by atoms with E-state index in [4.69, 9.17) is 25.1 Å². The molecule has 1 aromatic carbocycles. The first-order valence-corrected chi connectivity index (χ1v) is 7.07. The highest BCUT2D eigenvalue weighted by molar-refractivity contribution is 5.77. The normalized spacial score (nSPS) is 14.8. The van der Waals surface area contributed by atoms with Crippen LogP contribution in [-0.2, 0) is 11.2 Å². The zero-order valence-corrected chi connectivity index (χ0v) is 13.8. The summed E-state index contributed by atoms with van der Waals surface area (Å²) in [5.41, 5.74) is 5.49. The Balaban J connectivity index is 3.00. The number of carbonyl (C=O) groups is 1. The van der Waals surface area contributed by atoms with Crippen LogP contribution in [0.1, 0.15) is 25.8 Å². The molecule has 6 nitrogen and oxygen atoms in total. The molecule has 0 spiro atoms. The first kappa shape index (κ1) is 18.1. The van der Waals surface area contributed by atoms with Gasteiger partial charge in [-0.05, 0) is 37.3 Å². The van der Waals surface area contributed by atoms with Crippen LogP contribution < -0.4 is 19.9 Å². The van der Waals surface area contributed by atoms with Crippen LogP contribution in [0, 0.1) is 5.92 Å². The zero-order valence-electron chi connectivity index (χ0n) is 13.8. The van der Waals surface area contributed by atoms with Gasteiger partial charge in [0.1, 0.15) is 5.54 Å². The van der Waals surface area contributed by atoms with E-state index in [2.05, 4.69) is 0 Å². The molecule has 0 radical (unpaired) electrons. The van der Waals surface area contributed by atoms with Gasteiger partial charge in [0, 0.05) is 0 Å². The molecule has 0 bridgehead atoms. The third-order valence-electron chi connectivity index (χ3n) is 3.62. The summed E-state index contributed by atoms with van der Waals surface area (Å²) >= 11 is 0. The Bertz CT molecular complexity index is 528. The molecule has 0 aliphatic rings. The average Bonchev–Trinajstić information content (AvgIpc) is 2.45. The number of rotatable bonds is 8. The number of carboxylic acid groups (broad SMARTS) is 1. The van der Waals surface area contributed by atoms with Crippen molar-refractivity contribution >= 4 is 5.97 Å². The molecule has 124 valence electrons. The molecule has 0 aliphatic carbocycles. The van der Waals surface area contributed by atoms with E-state index in [1.165, 1.54) is 6.92 Å². The van der Waals surface area contributed by atoms with Crippen molar-refractivity contribution in [2.45, 2.75) is 32.2 Å². The van der Waals surface area contributed by atoms with Crippen LogP contribution in [-0.4, -0.2) is 37.9 Å². The predicted octanol–water partition coefficient (Wildman–Crippen LogP) is 2.08. The van der Waals surface area contributed by atoms with Crippen LogP contribution in [0.4, 0.5) is 0 Å². The third kappa shape index (κ3) is 4.04. The highest BCUT2D eigenvalue weighted by Crippen LogP contribution is 2.40. The molecule has 2 atom stereocenters. The summed E-state index contributed by atoms with van der Waals surface area (Å²) in [6, 6.07) is 3.70. The molecule has 1 aromatic rings. The molecule has 6 heteroatoms. The number of nitrogens with two attached hydrogens (primary N) is 1. The summed E-state index contributed by atoms with van der Waals surface area (Å²) in [4.78, 5) is 11.1. The molecule has 0 aliphatic heterocycles. The van der Waals surface area contributed by atoms with Crippen LogP contribution in [0.5, 0.6) is 17.2 Å². The van der Waals surface area contributed by atoms with Crippen molar-refractivity contribution in [1.82, 2.24) is 0 Å². The number of carboxylic acids is 1. The number of methoxy groups -OCH3 is 3. The highest BCUT2D eigenvalue weighted by Gasteiger charge is 2.30. The Labute approximate surface area is 131 Å². The Morgan fingerprint density at radius 3 is 2.27 bits per heavy atom. The highest BCUT2D eigenvalue weighted by atomic mass is 16.5. The minimum absolute atomic E-state index is 0.0677. The maximum Gasteiger partial charge on any atom is 0.323 e. The first-order valence-electron chi connectivity index (χ1n) is 7.07. The van der Waals surface area contributed by atoms with E-state index in [1.54, 1.807) is 21.3 Å². The molecule has 2 unspecified atom stereocenters. The molecule has 0 fully saturated rings. The Hall–Kier alpha value is -1.95. The van der Waals surface area contributed by atoms with Crippen molar-refractivity contribution in [3.63, 3.8) is 0 Å². The largest absolute Gasteiger partial charge is 0.493 e. The quantitative estimate of drug-likeness (QED) is 0.764. The fraction of sp³-hybridized carbons (Fsp3) is 0.562. The molecular formula is C16H25NO5. The molecule has 22 heavy (non-hydrogen) atoms. The number of hydrogen-bond acceptors (Lipinski definition) is 5. The van der Waals surface area contributed by atoms with Gasteiger partial charge in [-0.3, -0.25) is 4.79 Å². The van der Waals surface area contributed by atoms with Crippen molar-refractivity contribution in [2.75, 3.05) is 21.3 Å². The van der Waals surface area contributed by atoms with E-state index in [-0.39, 0.29) is 5.92 Å². The van der Waals surface area contributed by atoms with E-state index in [1.807, 2.05) is 19.1 Å². The van der Waals surface area contributed by atoms with Gasteiger partial charge in [0.05, 0.1) is 21.3 Å². The van der Waals surface area contributed by atoms with Crippen LogP contribution in [0.2, 0.25) is 0 Å². The molecule has 0 heterocycles. The van der Waals surface area contributed by atoms with Crippen molar-refractivity contribution in [2.24, 2.45) is 11.7 Å². The van der Waals surface area contributed by atoms with E-state index in [0.717, 1.165) is 5.56 Å². The van der Waals surface area contributed by atoms with Gasteiger partial charge >= 0.3 is 5.97 Å². The summed E-state index contributed by atoms with van der Waals surface area (Å²) in [6.07, 6.45) is 0.990. The molecular weight excluding hydrogens is 286 g/mol. The molecule has 0 saturated heterocycles. The van der Waals surface area contributed by atoms with Gasteiger partial charge in [0.15, 0.2) is 11.5 Å². The molecule has 0 aromatic heterocycles. The van der Waals surface area contributed by atoms with Crippen molar-refractivity contribution in [1.29, 1.82) is 0 Å². The minimum atomic E-state index is -1.25. The zero-order chi connectivity index (χ0) is 16.9. The number of hydrogen-bond donors (Lipinski definition) is 2. The second-order valence-corrected chi connectivity index (χ2v) is 5.73. The SMILES string of the molecule is COc1ccc(CC(C)CC(C)(N)C(=O)O)c(OC)c1OC. The van der Waals surface area contributed by atoms with Crippen LogP contribution >= 0.6 is 0 Å². The summed E-state index contributed by atoms with van der Waals surface area (Å²) < 4.78 is 16.0. The maximum atomic E-state index is 11.1. The smallest absolute Gasteiger partial charge is 0.323 e. The maximum absolute atomic E-state index is 11.1. The minimum Gasteiger partial charge on any atom is -0.493 e. The molecule has 0 amide bonds. The Morgan fingerprint density at radius 1 is 1.23 bits per heavy atom. The lowest BCUT2D eigenvalue weighted by Gasteiger charge is -2.24. The van der Waals surface area contributed by atoms with Gasteiger partial charge in [-0.25, -0.2) is 0 Å². The summed E-state index contributed by atoms with van der Waals surface area (Å²) in [5.74, 6) is 0.785. The predicted molar refractivity (Wildman–Crippen MR) is 83.8 cm³/mol. The molecule has 1 rings (SSSR count). The lowest BCUT2D eigenvalue weighted by molar-refractivity contribution is -0.143. The number of ether oxygens (including phenoxy) is 3. The van der Waals surface area contributed by atoms with Crippen molar-refractivity contribution in [3.05, 3.63) is 17.7 Å². The third-order valence-corrected chi connectivity index (χ3v) is 3.62. The topological polar surface area (TPSA) is 91.0 Å². The number of aliphatic carboxylic acids is 1. The van der Waals surface area contributed by atoms with Gasteiger partial charge in [-0.2, -0.15) is 0 Å². The van der Waals surface area contributed by atoms with E-state index in [9.17, 15) is 4.79 Å². The second-order valence-electron chi connectivity index (χ2n) is 5.73. The Kier molecular flexibility index (Phi) is 6.05. The van der Waals surface area contributed by atoms with Gasteiger partial charge < -0.3 is 25.1 Å². The monoisotopic (exact) mass is 311 g/mol. The van der Waals surface area contributed by atoms with E-state index >= 15 is 0 Å². The first-order chi connectivity index (χ1) is 10.3. The summed E-state index contributed by atoms with van der Waals surface area (Å²) in [7, 11) is 4.68. The van der Waals surface area contributed by atoms with Crippen LogP contribution in [0.25, 0.3) is 0 Å². The van der Waals surface area contributed by atoms with Gasteiger partial charge in [-0.1, -0.05) is 13.0 Å². The lowest BCUT2D eigenvalue weighted by Crippen LogP contribution is -2.46.